The first kappa shape index (κ1) is 23.2. The standard InChI is InChI=1S/C26H27N3O6/c1-3-15-7-14(5-6-21(30)35-13-27)8-16-9-17-11-29-20(23(17)28-22(15)16)10-19-18(24(29)31)12-34-25(32)26(19,33)4-2/h7-10,33H,3-6,11-13,27H2,1-2H3/t26-/m0/s1. The van der Waals surface area contributed by atoms with Gasteiger partial charge in [-0.05, 0) is 48.6 Å². The zero-order chi connectivity index (χ0) is 24.9. The Balaban J connectivity index is 1.62. The predicted octanol–water partition coefficient (Wildman–Crippen LogP) is 2.03. The molecule has 2 aromatic heterocycles. The Morgan fingerprint density at radius 2 is 2.06 bits per heavy atom. The van der Waals surface area contributed by atoms with Gasteiger partial charge in [0.1, 0.15) is 13.3 Å². The van der Waals surface area contributed by atoms with E-state index in [1.54, 1.807) is 17.6 Å². The molecule has 2 aliphatic heterocycles. The third-order valence-corrected chi connectivity index (χ3v) is 6.99. The van der Waals surface area contributed by atoms with E-state index < -0.39 is 11.6 Å². The van der Waals surface area contributed by atoms with Gasteiger partial charge in [0.25, 0.3) is 5.56 Å². The number of hydrogen-bond acceptors (Lipinski definition) is 8. The second-order valence-corrected chi connectivity index (χ2v) is 8.96. The average molecular weight is 478 g/mol. The summed E-state index contributed by atoms with van der Waals surface area (Å²) in [6.07, 6.45) is 1.59. The first-order valence-electron chi connectivity index (χ1n) is 11.8. The zero-order valence-corrected chi connectivity index (χ0v) is 19.7. The number of aryl methyl sites for hydroxylation is 2. The number of pyridine rings is 2. The van der Waals surface area contributed by atoms with Gasteiger partial charge in [-0.3, -0.25) is 15.3 Å². The number of esters is 2. The molecule has 0 bridgehead atoms. The Hall–Kier alpha value is -3.56. The van der Waals surface area contributed by atoms with Crippen LogP contribution in [-0.2, 0) is 50.7 Å². The number of aromatic nitrogens is 2. The molecule has 4 heterocycles. The van der Waals surface area contributed by atoms with Gasteiger partial charge in [-0.2, -0.15) is 0 Å². The molecule has 0 unspecified atom stereocenters. The highest BCUT2D eigenvalue weighted by atomic mass is 16.6. The molecule has 5 rings (SSSR count). The van der Waals surface area contributed by atoms with Crippen LogP contribution in [0.2, 0.25) is 0 Å². The number of aliphatic hydroxyl groups is 1. The molecule has 0 amide bonds. The van der Waals surface area contributed by atoms with Crippen LogP contribution in [0.5, 0.6) is 0 Å². The molecular weight excluding hydrogens is 450 g/mol. The van der Waals surface area contributed by atoms with E-state index in [1.807, 2.05) is 25.1 Å². The zero-order valence-electron chi connectivity index (χ0n) is 19.7. The van der Waals surface area contributed by atoms with Crippen molar-refractivity contribution in [2.45, 2.75) is 58.3 Å². The summed E-state index contributed by atoms with van der Waals surface area (Å²) in [6, 6.07) is 7.79. The molecule has 1 aromatic carbocycles. The van der Waals surface area contributed by atoms with Crippen LogP contribution >= 0.6 is 0 Å². The molecule has 0 aliphatic carbocycles. The van der Waals surface area contributed by atoms with Crippen molar-refractivity contribution >= 4 is 22.8 Å². The topological polar surface area (TPSA) is 134 Å². The number of carbonyl (C=O) groups excluding carboxylic acids is 2. The first-order chi connectivity index (χ1) is 16.8. The van der Waals surface area contributed by atoms with Crippen LogP contribution in [0.1, 0.15) is 54.5 Å². The molecule has 0 spiro atoms. The summed E-state index contributed by atoms with van der Waals surface area (Å²) >= 11 is 0. The van der Waals surface area contributed by atoms with Gasteiger partial charge >= 0.3 is 11.9 Å². The van der Waals surface area contributed by atoms with E-state index in [1.165, 1.54) is 0 Å². The van der Waals surface area contributed by atoms with E-state index in [2.05, 4.69) is 0 Å². The van der Waals surface area contributed by atoms with Crippen LogP contribution in [0.3, 0.4) is 0 Å². The quantitative estimate of drug-likeness (QED) is 0.318. The van der Waals surface area contributed by atoms with E-state index >= 15 is 0 Å². The minimum Gasteiger partial charge on any atom is -0.458 e. The van der Waals surface area contributed by atoms with Crippen LogP contribution in [0.4, 0.5) is 0 Å². The Labute approximate surface area is 201 Å². The maximum Gasteiger partial charge on any atom is 0.343 e. The molecule has 1 atom stereocenters. The number of nitrogens with two attached hydrogens (primary N) is 1. The lowest BCUT2D eigenvalue weighted by atomic mass is 9.86. The van der Waals surface area contributed by atoms with Crippen molar-refractivity contribution in [2.75, 3.05) is 6.73 Å². The summed E-state index contributed by atoms with van der Waals surface area (Å²) in [6.45, 7) is 3.77. The third kappa shape index (κ3) is 3.62. The van der Waals surface area contributed by atoms with Crippen LogP contribution < -0.4 is 11.3 Å². The maximum atomic E-state index is 13.3. The molecule has 0 saturated carbocycles. The molecule has 0 radical (unpaired) electrons. The van der Waals surface area contributed by atoms with E-state index in [9.17, 15) is 19.5 Å². The largest absolute Gasteiger partial charge is 0.458 e. The van der Waals surface area contributed by atoms with Gasteiger partial charge in [0.15, 0.2) is 5.60 Å². The lowest BCUT2D eigenvalue weighted by Gasteiger charge is -2.31. The van der Waals surface area contributed by atoms with E-state index in [4.69, 9.17) is 20.2 Å². The second-order valence-electron chi connectivity index (χ2n) is 8.96. The number of ether oxygens (including phenoxy) is 2. The van der Waals surface area contributed by atoms with Crippen molar-refractivity contribution in [2.24, 2.45) is 5.73 Å². The van der Waals surface area contributed by atoms with Crippen molar-refractivity contribution in [3.63, 3.8) is 0 Å². The minimum atomic E-state index is -1.85. The predicted molar refractivity (Wildman–Crippen MR) is 127 cm³/mol. The highest BCUT2D eigenvalue weighted by Crippen LogP contribution is 2.39. The second kappa shape index (κ2) is 8.58. The first-order valence-corrected chi connectivity index (χ1v) is 11.8. The van der Waals surface area contributed by atoms with Gasteiger partial charge in [0.05, 0.1) is 29.0 Å². The Morgan fingerprint density at radius 3 is 2.77 bits per heavy atom. The smallest absolute Gasteiger partial charge is 0.343 e. The molecule has 0 saturated heterocycles. The Morgan fingerprint density at radius 1 is 1.26 bits per heavy atom. The fourth-order valence-electron chi connectivity index (χ4n) is 5.06. The summed E-state index contributed by atoms with van der Waals surface area (Å²) in [5.74, 6) is -1.08. The molecular formula is C26H27N3O6. The molecule has 3 N–H and O–H groups in total. The monoisotopic (exact) mass is 477 g/mol. The molecule has 0 fully saturated rings. The number of fused-ring (bicyclic) bond motifs is 5. The summed E-state index contributed by atoms with van der Waals surface area (Å²) in [5, 5.41) is 12.0. The highest BCUT2D eigenvalue weighted by molar-refractivity contribution is 5.88. The lowest BCUT2D eigenvalue weighted by Crippen LogP contribution is -2.44. The third-order valence-electron chi connectivity index (χ3n) is 6.99. The van der Waals surface area contributed by atoms with Gasteiger partial charge in [-0.25, -0.2) is 9.78 Å². The van der Waals surface area contributed by atoms with E-state index in [0.29, 0.717) is 35.5 Å². The van der Waals surface area contributed by atoms with Gasteiger partial charge in [-0.1, -0.05) is 19.9 Å². The molecule has 9 heteroatoms. The number of cyclic esters (lactones) is 1. The van der Waals surface area contributed by atoms with Crippen LogP contribution in [0.25, 0.3) is 22.3 Å². The number of rotatable bonds is 6. The molecule has 2 aliphatic rings. The van der Waals surface area contributed by atoms with Crippen molar-refractivity contribution < 1.29 is 24.2 Å². The lowest BCUT2D eigenvalue weighted by molar-refractivity contribution is -0.172. The number of carbonyl (C=O) groups is 2. The van der Waals surface area contributed by atoms with Crippen molar-refractivity contribution in [3.05, 3.63) is 62.4 Å². The van der Waals surface area contributed by atoms with Crippen LogP contribution in [-0.4, -0.2) is 33.3 Å². The van der Waals surface area contributed by atoms with Gasteiger partial charge in [-0.15, -0.1) is 0 Å². The van der Waals surface area contributed by atoms with E-state index in [0.717, 1.165) is 34.0 Å². The normalized spacial score (nSPS) is 18.1. The van der Waals surface area contributed by atoms with Gasteiger partial charge < -0.3 is 19.1 Å². The summed E-state index contributed by atoms with van der Waals surface area (Å²) < 4.78 is 11.6. The number of hydrogen-bond donors (Lipinski definition) is 2. The molecule has 3 aromatic rings. The fourth-order valence-corrected chi connectivity index (χ4v) is 5.06. The number of nitrogens with zero attached hydrogens (tertiary/aromatic N) is 2. The summed E-state index contributed by atoms with van der Waals surface area (Å²) in [4.78, 5) is 42.4. The highest BCUT2D eigenvalue weighted by Gasteiger charge is 2.45. The van der Waals surface area contributed by atoms with Crippen molar-refractivity contribution in [1.29, 1.82) is 0 Å². The minimum absolute atomic E-state index is 0.0985. The fraction of sp³-hybridized carbons (Fsp3) is 0.385. The van der Waals surface area contributed by atoms with Gasteiger partial charge in [0.2, 0.25) is 0 Å². The average Bonchev–Trinajstić information content (AvgIpc) is 3.21. The SMILES string of the molecule is CCc1cc(CCC(=O)OCN)cc2cc3c(nc12)-c1cc2c(c(=O)n1C3)COC(=O)[C@]2(O)CC. The van der Waals surface area contributed by atoms with Gasteiger partial charge in [0, 0.05) is 22.9 Å². The van der Waals surface area contributed by atoms with Crippen LogP contribution in [0, 0.1) is 0 Å². The Kier molecular flexibility index (Phi) is 5.69. The Bertz CT molecular complexity index is 1440. The van der Waals surface area contributed by atoms with E-state index in [-0.39, 0.29) is 37.7 Å². The summed E-state index contributed by atoms with van der Waals surface area (Å²) in [7, 11) is 0. The molecule has 9 nitrogen and oxygen atoms in total. The molecule has 182 valence electrons. The van der Waals surface area contributed by atoms with Crippen molar-refractivity contribution in [1.82, 2.24) is 9.55 Å². The summed E-state index contributed by atoms with van der Waals surface area (Å²) in [5.41, 5.74) is 8.73. The van der Waals surface area contributed by atoms with Crippen molar-refractivity contribution in [3.8, 4) is 11.4 Å². The maximum absolute atomic E-state index is 13.3. The van der Waals surface area contributed by atoms with Crippen LogP contribution in [0.15, 0.2) is 29.1 Å². The molecule has 35 heavy (non-hydrogen) atoms. The number of benzene rings is 1.